The molecule has 15 heteroatoms. The number of piperidine rings is 1. The number of carbonyl (C=O) groups is 5. The van der Waals surface area contributed by atoms with Crippen LogP contribution in [-0.2, 0) is 52.2 Å². The Bertz CT molecular complexity index is 1860. The van der Waals surface area contributed by atoms with E-state index in [9.17, 15) is 38.8 Å². The van der Waals surface area contributed by atoms with Crippen LogP contribution < -0.4 is 0 Å². The second-order valence-corrected chi connectivity index (χ2v) is 21.9. The van der Waals surface area contributed by atoms with Crippen LogP contribution in [-0.4, -0.2) is 133 Å². The number of aliphatic hydroxyl groups excluding tert-OH is 1. The highest BCUT2D eigenvalue weighted by Crippen LogP contribution is 2.42. The first kappa shape index (κ1) is 56.4. The minimum atomic E-state index is -2.43. The fourth-order valence-corrected chi connectivity index (χ4v) is 11.8. The SMILES string of the molecule is CO[C@H]1CC2CC[C@@H](C)[C@@](O)(O2)C(=O)C(=O)N2CCCCC2C(=O)O[C@H]([C@H](C)C[C@@H]2CCC([P+](C)=O)[C@H](OC)C2)CC(=O)[C@H](C)/C=C(\C)[C@@H](O)[C@@H](OC)C(=O)[C@H](C)C[C@H](C)/C=C/C=CC=C1C. The highest BCUT2D eigenvalue weighted by Gasteiger charge is 2.53. The lowest BCUT2D eigenvalue weighted by atomic mass is 9.79. The Morgan fingerprint density at radius 2 is 1.60 bits per heavy atom. The highest BCUT2D eigenvalue weighted by atomic mass is 31.1. The van der Waals surface area contributed by atoms with Crippen molar-refractivity contribution in [1.29, 1.82) is 0 Å². The molecule has 1 amide bonds. The summed E-state index contributed by atoms with van der Waals surface area (Å²) in [6, 6.07) is -1.14. The van der Waals surface area contributed by atoms with E-state index in [1.165, 1.54) is 12.0 Å². The van der Waals surface area contributed by atoms with Crippen molar-refractivity contribution in [1.82, 2.24) is 4.90 Å². The molecular weight excluding hydrogens is 878 g/mol. The number of Topliss-reactive ketones (excluding diaryl/α,β-unsaturated/α-hetero) is 3. The van der Waals surface area contributed by atoms with E-state index in [1.54, 1.807) is 47.7 Å². The van der Waals surface area contributed by atoms with E-state index in [1.807, 2.05) is 58.1 Å². The number of ether oxygens (including phenoxy) is 5. The summed E-state index contributed by atoms with van der Waals surface area (Å²) < 4.78 is 42.2. The molecule has 67 heavy (non-hydrogen) atoms. The van der Waals surface area contributed by atoms with Gasteiger partial charge in [-0.25, -0.2) is 4.79 Å². The molecule has 0 aromatic heterocycles. The number of hydrogen-bond acceptors (Lipinski definition) is 13. The number of rotatable bonds is 7. The van der Waals surface area contributed by atoms with Gasteiger partial charge in [-0.2, -0.15) is 0 Å². The first-order valence-electron chi connectivity index (χ1n) is 24.6. The Morgan fingerprint density at radius 3 is 2.25 bits per heavy atom. The molecule has 3 fully saturated rings. The second-order valence-electron chi connectivity index (χ2n) is 20.1. The molecule has 2 bridgehead atoms. The predicted octanol–water partition coefficient (Wildman–Crippen LogP) is 7.65. The van der Waals surface area contributed by atoms with Crippen LogP contribution in [0, 0.1) is 35.5 Å². The molecule has 3 heterocycles. The van der Waals surface area contributed by atoms with Gasteiger partial charge in [-0.1, -0.05) is 75.6 Å². The van der Waals surface area contributed by atoms with Gasteiger partial charge < -0.3 is 38.8 Å². The lowest BCUT2D eigenvalue weighted by molar-refractivity contribution is -0.265. The number of fused-ring (bicyclic) bond motifs is 3. The summed E-state index contributed by atoms with van der Waals surface area (Å²) in [5.41, 5.74) is 1.21. The first-order valence-corrected chi connectivity index (χ1v) is 26.3. The number of aliphatic hydroxyl groups is 2. The summed E-state index contributed by atoms with van der Waals surface area (Å²) in [4.78, 5) is 72.0. The number of ketones is 3. The van der Waals surface area contributed by atoms with Gasteiger partial charge in [0.1, 0.15) is 42.9 Å². The molecule has 4 rings (SSSR count). The van der Waals surface area contributed by atoms with Crippen molar-refractivity contribution in [2.45, 2.75) is 180 Å². The molecule has 1 aliphatic carbocycles. The maximum Gasteiger partial charge on any atom is 0.341 e. The van der Waals surface area contributed by atoms with E-state index in [0.717, 1.165) is 18.4 Å². The van der Waals surface area contributed by atoms with E-state index in [2.05, 4.69) is 0 Å². The molecule has 0 radical (unpaired) electrons. The molecule has 3 aliphatic heterocycles. The third kappa shape index (κ3) is 14.9. The van der Waals surface area contributed by atoms with Gasteiger partial charge in [-0.05, 0) is 107 Å². The minimum absolute atomic E-state index is 0.0171. The molecule has 376 valence electrons. The number of hydrogen-bond donors (Lipinski definition) is 2. The summed E-state index contributed by atoms with van der Waals surface area (Å²) in [6.07, 6.45) is 12.2. The normalized spacial score (nSPS) is 38.5. The maximum atomic E-state index is 14.4. The molecule has 4 unspecified atom stereocenters. The van der Waals surface area contributed by atoms with Crippen molar-refractivity contribution in [3.63, 3.8) is 0 Å². The van der Waals surface area contributed by atoms with E-state index in [4.69, 9.17) is 23.7 Å². The van der Waals surface area contributed by atoms with Crippen molar-refractivity contribution in [3.8, 4) is 0 Å². The quantitative estimate of drug-likeness (QED) is 0.110. The third-order valence-corrected chi connectivity index (χ3v) is 16.5. The molecule has 4 aliphatic rings. The monoisotopic (exact) mass is 959 g/mol. The van der Waals surface area contributed by atoms with Crippen molar-refractivity contribution in [2.24, 2.45) is 35.5 Å². The van der Waals surface area contributed by atoms with Gasteiger partial charge in [0.15, 0.2) is 11.4 Å². The van der Waals surface area contributed by atoms with Crippen molar-refractivity contribution < 1.29 is 62.4 Å². The molecule has 2 saturated heterocycles. The topological polar surface area (TPSA) is 192 Å². The second kappa shape index (κ2) is 26.1. The average molecular weight is 959 g/mol. The van der Waals surface area contributed by atoms with Crippen LogP contribution in [0.15, 0.2) is 47.6 Å². The number of esters is 1. The zero-order valence-corrected chi connectivity index (χ0v) is 42.9. The summed E-state index contributed by atoms with van der Waals surface area (Å²) in [7, 11) is 3.13. The van der Waals surface area contributed by atoms with Gasteiger partial charge in [0.05, 0.1) is 12.2 Å². The maximum absolute atomic E-state index is 14.4. The van der Waals surface area contributed by atoms with Crippen molar-refractivity contribution in [2.75, 3.05) is 34.5 Å². The summed E-state index contributed by atoms with van der Waals surface area (Å²) in [6.45, 7) is 14.5. The zero-order valence-electron chi connectivity index (χ0n) is 42.0. The lowest BCUT2D eigenvalue weighted by Gasteiger charge is -2.42. The first-order chi connectivity index (χ1) is 31.7. The number of methoxy groups -OCH3 is 3. The van der Waals surface area contributed by atoms with Gasteiger partial charge >= 0.3 is 13.8 Å². The van der Waals surface area contributed by atoms with E-state index in [-0.39, 0.29) is 60.5 Å². The van der Waals surface area contributed by atoms with Crippen LogP contribution in [0.3, 0.4) is 0 Å². The molecule has 2 N–H and O–H groups in total. The third-order valence-electron chi connectivity index (χ3n) is 14.9. The molecule has 16 atom stereocenters. The predicted molar refractivity (Wildman–Crippen MR) is 256 cm³/mol. The number of nitrogens with zero attached hydrogens (tertiary/aromatic N) is 1. The van der Waals surface area contributed by atoms with E-state index in [0.29, 0.717) is 56.9 Å². The van der Waals surface area contributed by atoms with Gasteiger partial charge in [-0.15, -0.1) is 0 Å². The molecule has 0 aromatic carbocycles. The van der Waals surface area contributed by atoms with Gasteiger partial charge in [0, 0.05) is 58.5 Å². The van der Waals surface area contributed by atoms with Gasteiger partial charge in [-0.3, -0.25) is 19.2 Å². The summed E-state index contributed by atoms with van der Waals surface area (Å²) in [5, 5.41) is 23.4. The molecular formula is C52H81NO13P+. The average Bonchev–Trinajstić information content (AvgIpc) is 3.30. The van der Waals surface area contributed by atoms with Crippen molar-refractivity contribution in [3.05, 3.63) is 47.6 Å². The van der Waals surface area contributed by atoms with Crippen LogP contribution in [0.2, 0.25) is 0 Å². The van der Waals surface area contributed by atoms with Gasteiger partial charge in [0.25, 0.3) is 11.7 Å². The summed E-state index contributed by atoms with van der Waals surface area (Å²) >= 11 is 0. The fourth-order valence-electron chi connectivity index (χ4n) is 10.5. The van der Waals surface area contributed by atoms with Crippen LogP contribution in [0.25, 0.3) is 0 Å². The lowest BCUT2D eigenvalue weighted by Crippen LogP contribution is -2.61. The van der Waals surface area contributed by atoms with Crippen LogP contribution >= 0.6 is 7.80 Å². The standard InChI is InChI=1S/C52H81NO13P/c1-31-17-13-12-14-18-32(2)42(62-8)29-39-22-20-37(7)52(60,66-39)49(57)50(58)53-24-16-15-19-40(53)51(59)65-43(34(4)27-38-21-23-45(67(11)61)44(28-38)63-9)30-41(54)33(3)26-36(6)47(56)48(64-10)46(55)35(5)25-31/h12-14,17-18,26,31,33-35,37-40,42-45,47-48,56,60H,15-16,19-25,27-30H2,1-11H3/q+1/b14-12?,17-13+,32-18?,36-26+/t31-,33-,34-,35-,37-,38+,39?,40?,42+,43+,44-,45?,47-,48+,52-/m1/s1. The number of allylic oxidation sites excluding steroid dienone is 6. The van der Waals surface area contributed by atoms with Crippen LogP contribution in [0.1, 0.15) is 126 Å². The highest BCUT2D eigenvalue weighted by molar-refractivity contribution is 7.44. The number of cyclic esters (lactones) is 1. The molecule has 1 saturated carbocycles. The molecule has 14 nitrogen and oxygen atoms in total. The smallest absolute Gasteiger partial charge is 0.341 e. The number of carbonyl (C=O) groups excluding carboxylic acids is 5. The zero-order chi connectivity index (χ0) is 49.7. The summed E-state index contributed by atoms with van der Waals surface area (Å²) in [5.74, 6) is -7.95. The van der Waals surface area contributed by atoms with E-state index >= 15 is 0 Å². The van der Waals surface area contributed by atoms with Gasteiger partial charge in [0.2, 0.25) is 5.79 Å². The number of amides is 1. The largest absolute Gasteiger partial charge is 0.460 e. The molecule has 0 spiro atoms. The Labute approximate surface area is 400 Å². The Kier molecular flexibility index (Phi) is 22.0. The van der Waals surface area contributed by atoms with Crippen molar-refractivity contribution >= 4 is 37.0 Å². The van der Waals surface area contributed by atoms with Crippen LogP contribution in [0.5, 0.6) is 0 Å². The minimum Gasteiger partial charge on any atom is -0.460 e. The Morgan fingerprint density at radius 1 is 0.881 bits per heavy atom. The Balaban J connectivity index is 1.71. The Hall–Kier alpha value is -3.23. The molecule has 0 aromatic rings. The fraction of sp³-hybridized carbons (Fsp3) is 0.750. The van der Waals surface area contributed by atoms with Crippen LogP contribution in [0.4, 0.5) is 0 Å². The van der Waals surface area contributed by atoms with E-state index < -0.39 is 85.6 Å².